The molecule has 0 amide bonds. The Balaban J connectivity index is 3.00. The monoisotopic (exact) mass is 266 g/mol. The predicted octanol–water partition coefficient (Wildman–Crippen LogP) is 3.21. The third-order valence-electron chi connectivity index (χ3n) is 3.88. The first kappa shape index (κ1) is 15.7. The summed E-state index contributed by atoms with van der Waals surface area (Å²) < 4.78 is 6.91. The predicted molar refractivity (Wildman–Crippen MR) is 76.2 cm³/mol. The van der Waals surface area contributed by atoms with E-state index in [9.17, 15) is 4.79 Å². The molecule has 1 rings (SSSR count). The highest BCUT2D eigenvalue weighted by Crippen LogP contribution is 2.24. The summed E-state index contributed by atoms with van der Waals surface area (Å²) in [7, 11) is 1.44. The normalized spacial score (nSPS) is 12.8. The van der Waals surface area contributed by atoms with Gasteiger partial charge in [-0.05, 0) is 38.7 Å². The molecule has 108 valence electrons. The van der Waals surface area contributed by atoms with Gasteiger partial charge in [0.2, 0.25) is 0 Å². The zero-order valence-electron chi connectivity index (χ0n) is 13.0. The van der Waals surface area contributed by atoms with Crippen LogP contribution in [0.4, 0.5) is 0 Å². The van der Waals surface area contributed by atoms with Crippen molar-refractivity contribution in [2.75, 3.05) is 7.11 Å². The molecule has 0 N–H and O–H groups in total. The fourth-order valence-corrected chi connectivity index (χ4v) is 2.57. The van der Waals surface area contributed by atoms with Gasteiger partial charge in [0.1, 0.15) is 0 Å². The quantitative estimate of drug-likeness (QED) is 0.743. The molecule has 0 spiro atoms. The van der Waals surface area contributed by atoms with Crippen LogP contribution in [-0.2, 0) is 16.0 Å². The molecule has 0 aliphatic heterocycles. The van der Waals surface area contributed by atoms with E-state index in [1.54, 1.807) is 0 Å². The van der Waals surface area contributed by atoms with E-state index >= 15 is 0 Å². The summed E-state index contributed by atoms with van der Waals surface area (Å²) in [6.07, 6.45) is 2.85. The summed E-state index contributed by atoms with van der Waals surface area (Å²) >= 11 is 0. The van der Waals surface area contributed by atoms with Crippen molar-refractivity contribution in [2.24, 2.45) is 5.92 Å². The molecule has 0 fully saturated rings. The average molecular weight is 266 g/mol. The highest BCUT2D eigenvalue weighted by Gasteiger charge is 2.21. The SMILES string of the molecule is CCC(CC)n1nc(C)c(CC(C)C(=O)OC)c1C. The van der Waals surface area contributed by atoms with E-state index in [1.165, 1.54) is 18.4 Å². The van der Waals surface area contributed by atoms with Gasteiger partial charge in [-0.2, -0.15) is 5.10 Å². The Kier molecular flexibility index (Phi) is 5.58. The number of methoxy groups -OCH3 is 1. The smallest absolute Gasteiger partial charge is 0.308 e. The van der Waals surface area contributed by atoms with Gasteiger partial charge in [-0.3, -0.25) is 9.48 Å². The number of ether oxygens (including phenoxy) is 1. The van der Waals surface area contributed by atoms with Crippen LogP contribution in [0.2, 0.25) is 0 Å². The van der Waals surface area contributed by atoms with E-state index in [0.29, 0.717) is 12.5 Å². The Bertz CT molecular complexity index is 434. The number of nitrogens with zero attached hydrogens (tertiary/aromatic N) is 2. The van der Waals surface area contributed by atoms with E-state index in [4.69, 9.17) is 4.74 Å². The highest BCUT2D eigenvalue weighted by atomic mass is 16.5. The van der Waals surface area contributed by atoms with Crippen LogP contribution in [0.15, 0.2) is 0 Å². The van der Waals surface area contributed by atoms with Gasteiger partial charge in [-0.15, -0.1) is 0 Å². The second-order valence-corrected chi connectivity index (χ2v) is 5.19. The summed E-state index contributed by atoms with van der Waals surface area (Å²) in [5, 5.41) is 4.65. The van der Waals surface area contributed by atoms with Crippen LogP contribution in [0.1, 0.15) is 56.6 Å². The number of aromatic nitrogens is 2. The lowest BCUT2D eigenvalue weighted by Crippen LogP contribution is -2.16. The van der Waals surface area contributed by atoms with Crippen molar-refractivity contribution in [3.63, 3.8) is 0 Å². The molecule has 0 saturated heterocycles. The summed E-state index contributed by atoms with van der Waals surface area (Å²) in [5.41, 5.74) is 3.40. The van der Waals surface area contributed by atoms with E-state index in [2.05, 4.69) is 30.6 Å². The van der Waals surface area contributed by atoms with Crippen molar-refractivity contribution in [3.8, 4) is 0 Å². The minimum atomic E-state index is -0.158. The van der Waals surface area contributed by atoms with Crippen molar-refractivity contribution in [1.29, 1.82) is 0 Å². The molecule has 1 aromatic heterocycles. The zero-order valence-corrected chi connectivity index (χ0v) is 13.0. The number of aryl methyl sites for hydroxylation is 1. The summed E-state index contributed by atoms with van der Waals surface area (Å²) in [4.78, 5) is 11.5. The van der Waals surface area contributed by atoms with Gasteiger partial charge in [-0.25, -0.2) is 0 Å². The third-order valence-corrected chi connectivity index (χ3v) is 3.88. The summed E-state index contributed by atoms with van der Waals surface area (Å²) in [6.45, 7) is 10.4. The Hall–Kier alpha value is -1.32. The van der Waals surface area contributed by atoms with Crippen molar-refractivity contribution in [3.05, 3.63) is 17.0 Å². The van der Waals surface area contributed by atoms with Crippen LogP contribution in [0.5, 0.6) is 0 Å². The zero-order chi connectivity index (χ0) is 14.6. The molecule has 0 saturated carbocycles. The van der Waals surface area contributed by atoms with Gasteiger partial charge in [0.05, 0.1) is 24.8 Å². The molecule has 1 aromatic rings. The first-order valence-electron chi connectivity index (χ1n) is 7.08. The number of esters is 1. The van der Waals surface area contributed by atoms with Crippen LogP contribution >= 0.6 is 0 Å². The topological polar surface area (TPSA) is 44.1 Å². The van der Waals surface area contributed by atoms with Gasteiger partial charge >= 0.3 is 5.97 Å². The minimum Gasteiger partial charge on any atom is -0.469 e. The fraction of sp³-hybridized carbons (Fsp3) is 0.733. The summed E-state index contributed by atoms with van der Waals surface area (Å²) in [6, 6.07) is 0.445. The van der Waals surface area contributed by atoms with Crippen LogP contribution in [0, 0.1) is 19.8 Å². The van der Waals surface area contributed by atoms with Crippen LogP contribution < -0.4 is 0 Å². The Morgan fingerprint density at radius 3 is 2.37 bits per heavy atom. The second-order valence-electron chi connectivity index (χ2n) is 5.19. The lowest BCUT2D eigenvalue weighted by atomic mass is 9.99. The standard InChI is InChI=1S/C15H26N2O2/c1-7-13(8-2)17-12(5)14(11(4)16-17)9-10(3)15(18)19-6/h10,13H,7-9H2,1-6H3. The largest absolute Gasteiger partial charge is 0.469 e. The first-order chi connectivity index (χ1) is 8.96. The number of rotatable bonds is 6. The van der Waals surface area contributed by atoms with Gasteiger partial charge in [0.15, 0.2) is 0 Å². The fourth-order valence-electron chi connectivity index (χ4n) is 2.57. The van der Waals surface area contributed by atoms with Crippen LogP contribution in [-0.4, -0.2) is 22.9 Å². The van der Waals surface area contributed by atoms with Gasteiger partial charge in [-0.1, -0.05) is 20.8 Å². The Labute approximate surface area is 116 Å². The van der Waals surface area contributed by atoms with Crippen molar-refractivity contribution in [2.45, 2.75) is 59.9 Å². The molecule has 4 heteroatoms. The summed E-state index contributed by atoms with van der Waals surface area (Å²) in [5.74, 6) is -0.282. The molecule has 1 atom stereocenters. The van der Waals surface area contributed by atoms with E-state index in [1.807, 2.05) is 13.8 Å². The minimum absolute atomic E-state index is 0.123. The van der Waals surface area contributed by atoms with Gasteiger partial charge < -0.3 is 4.74 Å². The van der Waals surface area contributed by atoms with Crippen molar-refractivity contribution < 1.29 is 9.53 Å². The Morgan fingerprint density at radius 1 is 1.32 bits per heavy atom. The molecular formula is C15H26N2O2. The molecule has 0 aliphatic carbocycles. The average Bonchev–Trinajstić information content (AvgIpc) is 2.67. The molecule has 0 bridgehead atoms. The van der Waals surface area contributed by atoms with Crippen molar-refractivity contribution >= 4 is 5.97 Å². The van der Waals surface area contributed by atoms with Crippen LogP contribution in [0.25, 0.3) is 0 Å². The molecule has 0 aliphatic rings. The molecule has 1 heterocycles. The number of carbonyl (C=O) groups is 1. The second kappa shape index (κ2) is 6.73. The van der Waals surface area contributed by atoms with Gasteiger partial charge in [0.25, 0.3) is 0 Å². The number of hydrogen-bond acceptors (Lipinski definition) is 3. The molecule has 1 unspecified atom stereocenters. The first-order valence-corrected chi connectivity index (χ1v) is 7.08. The van der Waals surface area contributed by atoms with E-state index in [0.717, 1.165) is 18.5 Å². The lowest BCUT2D eigenvalue weighted by Gasteiger charge is -2.16. The maximum absolute atomic E-state index is 11.5. The highest BCUT2D eigenvalue weighted by molar-refractivity contribution is 5.72. The third kappa shape index (κ3) is 3.37. The number of carbonyl (C=O) groups excluding carboxylic acids is 1. The maximum Gasteiger partial charge on any atom is 0.308 e. The maximum atomic E-state index is 11.5. The molecule has 0 radical (unpaired) electrons. The number of hydrogen-bond donors (Lipinski definition) is 0. The Morgan fingerprint density at radius 2 is 1.89 bits per heavy atom. The van der Waals surface area contributed by atoms with Crippen LogP contribution in [0.3, 0.4) is 0 Å². The van der Waals surface area contributed by atoms with Crippen molar-refractivity contribution in [1.82, 2.24) is 9.78 Å². The van der Waals surface area contributed by atoms with E-state index in [-0.39, 0.29) is 11.9 Å². The molecule has 4 nitrogen and oxygen atoms in total. The molecular weight excluding hydrogens is 240 g/mol. The van der Waals surface area contributed by atoms with E-state index < -0.39 is 0 Å². The lowest BCUT2D eigenvalue weighted by molar-refractivity contribution is -0.144. The molecule has 19 heavy (non-hydrogen) atoms. The molecule has 0 aromatic carbocycles. The van der Waals surface area contributed by atoms with Gasteiger partial charge in [0, 0.05) is 5.69 Å².